The van der Waals surface area contributed by atoms with E-state index in [-0.39, 0.29) is 12.4 Å². The molecule has 8 heteroatoms. The second-order valence-corrected chi connectivity index (χ2v) is 9.03. The van der Waals surface area contributed by atoms with Gasteiger partial charge in [0.15, 0.2) is 0 Å². The van der Waals surface area contributed by atoms with Gasteiger partial charge in [0.25, 0.3) is 0 Å². The van der Waals surface area contributed by atoms with Gasteiger partial charge in [-0.15, -0.1) is 11.8 Å². The molecule has 2 N–H and O–H groups in total. The van der Waals surface area contributed by atoms with Crippen molar-refractivity contribution >= 4 is 31.6 Å². The molecule has 0 fully saturated rings. The molecule has 0 aliphatic carbocycles. The summed E-state index contributed by atoms with van der Waals surface area (Å²) in [7, 11) is -2.87. The van der Waals surface area contributed by atoms with Crippen LogP contribution in [0.1, 0.15) is 36.8 Å². The van der Waals surface area contributed by atoms with E-state index in [2.05, 4.69) is 34.1 Å². The Morgan fingerprint density at radius 2 is 1.93 bits per heavy atom. The highest BCUT2D eigenvalue weighted by molar-refractivity contribution is 7.99. The predicted octanol–water partition coefficient (Wildman–Crippen LogP) is 5.86. The van der Waals surface area contributed by atoms with Crippen molar-refractivity contribution in [2.45, 2.75) is 43.5 Å². The first-order chi connectivity index (χ1) is 14.1. The van der Waals surface area contributed by atoms with Crippen LogP contribution in [0.5, 0.6) is 0 Å². The molecule has 0 aliphatic rings. The fraction of sp³-hybridized carbons (Fsp3) is 0.429. The van der Waals surface area contributed by atoms with Crippen LogP contribution in [0.15, 0.2) is 47.4 Å². The van der Waals surface area contributed by atoms with Crippen LogP contribution in [0.25, 0.3) is 0 Å². The van der Waals surface area contributed by atoms with Crippen molar-refractivity contribution < 1.29 is 18.4 Å². The Kier molecular flexibility index (Phi) is 11.9. The minimum absolute atomic E-state index is 0.200. The van der Waals surface area contributed by atoms with Gasteiger partial charge >= 0.3 is 8.25 Å². The maximum atomic E-state index is 14.3. The molecule has 0 heterocycles. The first-order valence-corrected chi connectivity index (χ1v) is 12.4. The minimum atomic E-state index is -2.87. The number of unbranched alkanes of at least 4 members (excludes halogenated alkanes) is 2. The lowest BCUT2D eigenvalue weighted by Crippen LogP contribution is -2.16. The van der Waals surface area contributed by atoms with E-state index in [1.807, 2.05) is 6.07 Å². The second kappa shape index (κ2) is 14.2. The Morgan fingerprint density at radius 3 is 2.69 bits per heavy atom. The number of nitrogens with one attached hydrogen (secondary N) is 1. The smallest absolute Gasteiger partial charge is 0.316 e. The molecule has 0 bridgehead atoms. The number of rotatable bonds is 14. The molecule has 0 saturated heterocycles. The standard InChI is InChI=1S/C21H28ClFNO3PS/c22-19-14-18(16-24-11-7-12-27-28(25)26)20(23)15-21(19)29-13-6-2-5-10-17-8-3-1-4-9-17/h1,3-4,8-9,14-15,24,28H,2,5-7,10-13,16H2,(H,25,26). The van der Waals surface area contributed by atoms with Crippen LogP contribution in [-0.2, 0) is 22.1 Å². The fourth-order valence-corrected chi connectivity index (χ4v) is 4.45. The molecule has 2 rings (SSSR count). The van der Waals surface area contributed by atoms with Crippen molar-refractivity contribution in [1.29, 1.82) is 0 Å². The number of aryl methyl sites for hydroxylation is 1. The van der Waals surface area contributed by atoms with Gasteiger partial charge in [-0.1, -0.05) is 48.4 Å². The Labute approximate surface area is 182 Å². The average molecular weight is 460 g/mol. The van der Waals surface area contributed by atoms with Crippen LogP contribution in [0.3, 0.4) is 0 Å². The van der Waals surface area contributed by atoms with Gasteiger partial charge < -0.3 is 14.7 Å². The van der Waals surface area contributed by atoms with E-state index in [0.717, 1.165) is 36.3 Å². The average Bonchev–Trinajstić information content (AvgIpc) is 2.70. The zero-order valence-electron chi connectivity index (χ0n) is 16.3. The summed E-state index contributed by atoms with van der Waals surface area (Å²) in [5.74, 6) is 0.643. The summed E-state index contributed by atoms with van der Waals surface area (Å²) in [6.45, 7) is 1.11. The molecule has 4 nitrogen and oxygen atoms in total. The van der Waals surface area contributed by atoms with Gasteiger partial charge in [-0.2, -0.15) is 0 Å². The molecule has 0 aliphatic heterocycles. The predicted molar refractivity (Wildman–Crippen MR) is 120 cm³/mol. The topological polar surface area (TPSA) is 58.6 Å². The summed E-state index contributed by atoms with van der Waals surface area (Å²) in [5.41, 5.74) is 1.88. The van der Waals surface area contributed by atoms with Crippen molar-refractivity contribution in [3.8, 4) is 0 Å². The van der Waals surface area contributed by atoms with E-state index in [4.69, 9.17) is 16.5 Å². The summed E-state index contributed by atoms with van der Waals surface area (Å²) in [6.07, 6.45) is 5.02. The number of hydrogen-bond donors (Lipinski definition) is 2. The van der Waals surface area contributed by atoms with Crippen LogP contribution in [-0.4, -0.2) is 23.8 Å². The van der Waals surface area contributed by atoms with Crippen LogP contribution in [0.2, 0.25) is 5.02 Å². The third-order valence-corrected chi connectivity index (χ3v) is 6.37. The van der Waals surface area contributed by atoms with E-state index in [1.165, 1.54) is 11.6 Å². The first kappa shape index (κ1) is 24.4. The van der Waals surface area contributed by atoms with Crippen molar-refractivity contribution in [3.63, 3.8) is 0 Å². The molecule has 2 aromatic rings. The molecule has 1 atom stereocenters. The van der Waals surface area contributed by atoms with Gasteiger partial charge in [0.2, 0.25) is 0 Å². The number of benzene rings is 2. The Hall–Kier alpha value is -0.880. The lowest BCUT2D eigenvalue weighted by molar-refractivity contribution is 0.276. The highest BCUT2D eigenvalue weighted by atomic mass is 35.5. The van der Waals surface area contributed by atoms with Crippen molar-refractivity contribution in [2.24, 2.45) is 0 Å². The van der Waals surface area contributed by atoms with Crippen molar-refractivity contribution in [1.82, 2.24) is 5.32 Å². The normalized spacial score (nSPS) is 12.2. The Bertz CT molecular complexity index is 767. The lowest BCUT2D eigenvalue weighted by atomic mass is 10.1. The minimum Gasteiger partial charge on any atom is -0.326 e. The zero-order valence-corrected chi connectivity index (χ0v) is 18.9. The molecule has 0 radical (unpaired) electrons. The molecule has 0 spiro atoms. The van der Waals surface area contributed by atoms with E-state index >= 15 is 0 Å². The second-order valence-electron chi connectivity index (χ2n) is 6.66. The molecule has 0 amide bonds. The molecule has 0 saturated carbocycles. The van der Waals surface area contributed by atoms with E-state index in [0.29, 0.717) is 30.1 Å². The van der Waals surface area contributed by atoms with Crippen LogP contribution >= 0.6 is 31.6 Å². The summed E-state index contributed by atoms with van der Waals surface area (Å²) in [4.78, 5) is 9.34. The van der Waals surface area contributed by atoms with Crippen molar-refractivity contribution in [2.75, 3.05) is 18.9 Å². The zero-order chi connectivity index (χ0) is 20.9. The van der Waals surface area contributed by atoms with E-state index in [9.17, 15) is 8.96 Å². The summed E-state index contributed by atoms with van der Waals surface area (Å²) in [6, 6.07) is 13.6. The van der Waals surface area contributed by atoms with Gasteiger partial charge in [-0.05, 0) is 55.7 Å². The molecule has 29 heavy (non-hydrogen) atoms. The molecule has 1 unspecified atom stereocenters. The SMILES string of the molecule is O=[PH](O)OCCCNCc1cc(Cl)c(SCCCCCc2ccccc2)cc1F. The Balaban J connectivity index is 1.65. The quantitative estimate of drug-likeness (QED) is 0.210. The van der Waals surface area contributed by atoms with Gasteiger partial charge in [0.1, 0.15) is 5.82 Å². The fourth-order valence-electron chi connectivity index (χ4n) is 2.83. The Morgan fingerprint density at radius 1 is 1.14 bits per heavy atom. The molecular weight excluding hydrogens is 432 g/mol. The van der Waals surface area contributed by atoms with Gasteiger partial charge in [-0.3, -0.25) is 4.57 Å². The van der Waals surface area contributed by atoms with Crippen LogP contribution < -0.4 is 5.32 Å². The molecular formula is C21H28ClFNO3PS. The van der Waals surface area contributed by atoms with Gasteiger partial charge in [0.05, 0.1) is 11.6 Å². The molecule has 160 valence electrons. The molecule has 0 aromatic heterocycles. The number of halogens is 2. The van der Waals surface area contributed by atoms with Crippen LogP contribution in [0, 0.1) is 5.82 Å². The van der Waals surface area contributed by atoms with Crippen LogP contribution in [0.4, 0.5) is 4.39 Å². The summed E-state index contributed by atoms with van der Waals surface area (Å²) < 4.78 is 29.4. The maximum absolute atomic E-state index is 14.3. The summed E-state index contributed by atoms with van der Waals surface area (Å²) >= 11 is 7.92. The monoisotopic (exact) mass is 459 g/mol. The highest BCUT2D eigenvalue weighted by Crippen LogP contribution is 2.30. The number of hydrogen-bond acceptors (Lipinski definition) is 4. The third kappa shape index (κ3) is 10.1. The first-order valence-electron chi connectivity index (χ1n) is 9.77. The van der Waals surface area contributed by atoms with E-state index in [1.54, 1.807) is 17.8 Å². The lowest BCUT2D eigenvalue weighted by Gasteiger charge is -2.10. The van der Waals surface area contributed by atoms with Gasteiger partial charge in [0, 0.05) is 17.0 Å². The largest absolute Gasteiger partial charge is 0.326 e. The maximum Gasteiger partial charge on any atom is 0.316 e. The summed E-state index contributed by atoms with van der Waals surface area (Å²) in [5, 5.41) is 3.65. The molecule has 2 aromatic carbocycles. The third-order valence-electron chi connectivity index (χ3n) is 4.35. The van der Waals surface area contributed by atoms with Gasteiger partial charge in [-0.25, -0.2) is 4.39 Å². The number of thioether (sulfide) groups is 1. The highest BCUT2D eigenvalue weighted by Gasteiger charge is 2.09. The van der Waals surface area contributed by atoms with Crippen molar-refractivity contribution in [3.05, 3.63) is 64.4 Å². The van der Waals surface area contributed by atoms with E-state index < -0.39 is 8.25 Å².